The molecule has 0 unspecified atom stereocenters. The topological polar surface area (TPSA) is 54.7 Å². The average Bonchev–Trinajstić information content (AvgIpc) is 2.60. The molecule has 0 radical (unpaired) electrons. The average molecular weight is 257 g/mol. The predicted octanol–water partition coefficient (Wildman–Crippen LogP) is 3.28. The van der Waals surface area contributed by atoms with Crippen molar-refractivity contribution in [3.8, 4) is 11.3 Å². The lowest BCUT2D eigenvalue weighted by Crippen LogP contribution is -2.34. The van der Waals surface area contributed by atoms with Gasteiger partial charge in [0, 0.05) is 23.2 Å². The molecule has 0 bridgehead atoms. The van der Waals surface area contributed by atoms with E-state index in [1.807, 2.05) is 13.8 Å². The van der Waals surface area contributed by atoms with Crippen molar-refractivity contribution in [1.82, 2.24) is 9.97 Å². The van der Waals surface area contributed by atoms with Crippen molar-refractivity contribution in [2.45, 2.75) is 46.6 Å². The van der Waals surface area contributed by atoms with E-state index in [0.29, 0.717) is 0 Å². The molecule has 2 rings (SSSR count). The molecule has 3 N–H and O–H groups in total. The maximum absolute atomic E-state index is 6.06. The highest BCUT2D eigenvalue weighted by Crippen LogP contribution is 2.26. The van der Waals surface area contributed by atoms with E-state index in [9.17, 15) is 0 Å². The number of nitrogens with one attached hydrogen (secondary N) is 1. The highest BCUT2D eigenvalue weighted by atomic mass is 14.9. The van der Waals surface area contributed by atoms with E-state index < -0.39 is 0 Å². The fourth-order valence-electron chi connectivity index (χ4n) is 2.29. The number of hydrogen-bond donors (Lipinski definition) is 2. The van der Waals surface area contributed by atoms with Gasteiger partial charge in [-0.25, -0.2) is 4.98 Å². The highest BCUT2D eigenvalue weighted by Gasteiger charge is 2.17. The van der Waals surface area contributed by atoms with Crippen LogP contribution in [0.4, 0.5) is 0 Å². The zero-order valence-corrected chi connectivity index (χ0v) is 12.5. The molecule has 0 aliphatic carbocycles. The van der Waals surface area contributed by atoms with Crippen LogP contribution in [0.25, 0.3) is 11.3 Å². The van der Waals surface area contributed by atoms with E-state index in [0.717, 1.165) is 23.6 Å². The second-order valence-electron chi connectivity index (χ2n) is 6.14. The maximum atomic E-state index is 6.06. The van der Waals surface area contributed by atoms with Crippen molar-refractivity contribution >= 4 is 0 Å². The summed E-state index contributed by atoms with van der Waals surface area (Å²) < 4.78 is 0. The van der Waals surface area contributed by atoms with Crippen LogP contribution in [0.15, 0.2) is 18.2 Å². The van der Waals surface area contributed by atoms with Gasteiger partial charge in [-0.3, -0.25) is 0 Å². The summed E-state index contributed by atoms with van der Waals surface area (Å²) in [7, 11) is 0. The first-order chi connectivity index (χ1) is 8.76. The minimum atomic E-state index is -0.247. The molecule has 0 saturated carbocycles. The van der Waals surface area contributed by atoms with Gasteiger partial charge in [0.2, 0.25) is 0 Å². The van der Waals surface area contributed by atoms with Crippen LogP contribution in [-0.4, -0.2) is 15.5 Å². The third-order valence-corrected chi connectivity index (χ3v) is 3.21. The van der Waals surface area contributed by atoms with Crippen molar-refractivity contribution in [1.29, 1.82) is 0 Å². The third kappa shape index (κ3) is 3.24. The standard InChI is InChI=1S/C16H23N3/c1-10-6-7-11(2)13(8-10)15-12(3)18-14(19-15)9-16(4,5)17/h6-8H,9,17H2,1-5H3,(H,18,19). The van der Waals surface area contributed by atoms with Crippen LogP contribution in [0.5, 0.6) is 0 Å². The smallest absolute Gasteiger partial charge is 0.108 e. The van der Waals surface area contributed by atoms with Crippen molar-refractivity contribution in [2.24, 2.45) is 5.73 Å². The van der Waals surface area contributed by atoms with Crippen LogP contribution in [0, 0.1) is 20.8 Å². The zero-order valence-electron chi connectivity index (χ0n) is 12.5. The summed E-state index contributed by atoms with van der Waals surface area (Å²) in [6.07, 6.45) is 0.749. The number of H-pyrrole nitrogens is 1. The molecule has 102 valence electrons. The molecule has 0 amide bonds. The number of aryl methyl sites for hydroxylation is 3. The molecule has 19 heavy (non-hydrogen) atoms. The van der Waals surface area contributed by atoms with Gasteiger partial charge < -0.3 is 10.7 Å². The van der Waals surface area contributed by atoms with Crippen molar-refractivity contribution in [3.05, 3.63) is 40.8 Å². The summed E-state index contributed by atoms with van der Waals surface area (Å²) >= 11 is 0. The van der Waals surface area contributed by atoms with Gasteiger partial charge in [0.15, 0.2) is 0 Å². The quantitative estimate of drug-likeness (QED) is 0.886. The molecule has 2 aromatic rings. The first kappa shape index (κ1) is 13.8. The number of rotatable bonds is 3. The molecule has 1 aromatic carbocycles. The molecule has 0 aliphatic heterocycles. The van der Waals surface area contributed by atoms with E-state index in [1.54, 1.807) is 0 Å². The summed E-state index contributed by atoms with van der Waals surface area (Å²) in [5.41, 5.74) is 11.7. The lowest BCUT2D eigenvalue weighted by atomic mass is 10.0. The molecule has 1 heterocycles. The second kappa shape index (κ2) is 4.82. The Kier molecular flexibility index (Phi) is 3.50. The van der Waals surface area contributed by atoms with Gasteiger partial charge in [-0.15, -0.1) is 0 Å². The van der Waals surface area contributed by atoms with Gasteiger partial charge in [-0.2, -0.15) is 0 Å². The Bertz CT molecular complexity index is 589. The molecule has 0 fully saturated rings. The van der Waals surface area contributed by atoms with E-state index in [4.69, 9.17) is 10.7 Å². The molecular weight excluding hydrogens is 234 g/mol. The minimum Gasteiger partial charge on any atom is -0.346 e. The number of imidazole rings is 1. The van der Waals surface area contributed by atoms with Crippen molar-refractivity contribution in [3.63, 3.8) is 0 Å². The Morgan fingerprint density at radius 3 is 2.53 bits per heavy atom. The van der Waals surface area contributed by atoms with Crippen LogP contribution < -0.4 is 5.73 Å². The summed E-state index contributed by atoms with van der Waals surface area (Å²) in [6.45, 7) is 10.3. The zero-order chi connectivity index (χ0) is 14.2. The Labute approximate surface area is 115 Å². The molecule has 3 heteroatoms. The van der Waals surface area contributed by atoms with Gasteiger partial charge in [-0.05, 0) is 46.2 Å². The van der Waals surface area contributed by atoms with E-state index in [1.165, 1.54) is 16.7 Å². The van der Waals surface area contributed by atoms with E-state index >= 15 is 0 Å². The molecule has 0 saturated heterocycles. The number of aromatic nitrogens is 2. The summed E-state index contributed by atoms with van der Waals surface area (Å²) in [5.74, 6) is 0.959. The number of hydrogen-bond acceptors (Lipinski definition) is 2. The van der Waals surface area contributed by atoms with E-state index in [2.05, 4.69) is 44.0 Å². The lowest BCUT2D eigenvalue weighted by Gasteiger charge is -2.15. The maximum Gasteiger partial charge on any atom is 0.108 e. The molecule has 1 aromatic heterocycles. The third-order valence-electron chi connectivity index (χ3n) is 3.21. The monoisotopic (exact) mass is 257 g/mol. The first-order valence-electron chi connectivity index (χ1n) is 6.68. The second-order valence-corrected chi connectivity index (χ2v) is 6.14. The van der Waals surface area contributed by atoms with Crippen LogP contribution >= 0.6 is 0 Å². The summed E-state index contributed by atoms with van der Waals surface area (Å²) in [6, 6.07) is 6.46. The van der Waals surface area contributed by atoms with Gasteiger partial charge in [0.1, 0.15) is 5.82 Å². The Morgan fingerprint density at radius 1 is 1.21 bits per heavy atom. The number of nitrogens with two attached hydrogens (primary N) is 1. The summed E-state index contributed by atoms with van der Waals surface area (Å²) in [5, 5.41) is 0. The molecular formula is C16H23N3. The van der Waals surface area contributed by atoms with Gasteiger partial charge in [0.05, 0.1) is 5.69 Å². The largest absolute Gasteiger partial charge is 0.346 e. The van der Waals surface area contributed by atoms with Gasteiger partial charge in [0.25, 0.3) is 0 Å². The van der Waals surface area contributed by atoms with Crippen LogP contribution in [0.3, 0.4) is 0 Å². The summed E-state index contributed by atoms with van der Waals surface area (Å²) in [4.78, 5) is 8.09. The normalized spacial score (nSPS) is 11.9. The number of nitrogens with zero attached hydrogens (tertiary/aromatic N) is 1. The molecule has 0 aliphatic rings. The Morgan fingerprint density at radius 2 is 1.89 bits per heavy atom. The van der Waals surface area contributed by atoms with Gasteiger partial charge >= 0.3 is 0 Å². The van der Waals surface area contributed by atoms with Crippen LogP contribution in [-0.2, 0) is 6.42 Å². The fraction of sp³-hybridized carbons (Fsp3) is 0.438. The lowest BCUT2D eigenvalue weighted by molar-refractivity contribution is 0.504. The van der Waals surface area contributed by atoms with Crippen molar-refractivity contribution in [2.75, 3.05) is 0 Å². The van der Waals surface area contributed by atoms with E-state index in [-0.39, 0.29) is 5.54 Å². The minimum absolute atomic E-state index is 0.247. The molecule has 0 spiro atoms. The SMILES string of the molecule is Cc1ccc(C)c(-c2nc(CC(C)(C)N)[nH]c2C)c1. The predicted molar refractivity (Wildman–Crippen MR) is 80.2 cm³/mol. The fourth-order valence-corrected chi connectivity index (χ4v) is 2.29. The number of benzene rings is 1. The van der Waals surface area contributed by atoms with Gasteiger partial charge in [-0.1, -0.05) is 17.7 Å². The highest BCUT2D eigenvalue weighted by molar-refractivity contribution is 5.66. The Balaban J connectivity index is 2.43. The molecule has 3 nitrogen and oxygen atoms in total. The number of aromatic amines is 1. The molecule has 0 atom stereocenters. The van der Waals surface area contributed by atoms with Crippen LogP contribution in [0.1, 0.15) is 36.5 Å². The van der Waals surface area contributed by atoms with Crippen molar-refractivity contribution < 1.29 is 0 Å². The Hall–Kier alpha value is -1.61. The van der Waals surface area contributed by atoms with Crippen LogP contribution in [0.2, 0.25) is 0 Å². The first-order valence-corrected chi connectivity index (χ1v) is 6.68.